The lowest BCUT2D eigenvalue weighted by atomic mass is 10.0. The molecule has 0 fully saturated rings. The van der Waals surface area contributed by atoms with Crippen LogP contribution in [0, 0.1) is 5.92 Å². The van der Waals surface area contributed by atoms with E-state index in [4.69, 9.17) is 0 Å². The number of carbonyl (C=O) groups is 1. The first kappa shape index (κ1) is 15.5. The Kier molecular flexibility index (Phi) is 6.71. The summed E-state index contributed by atoms with van der Waals surface area (Å²) in [6, 6.07) is 4.83. The largest absolute Gasteiger partial charge is 0.507 e. The minimum atomic E-state index is -0.234. The van der Waals surface area contributed by atoms with Gasteiger partial charge in [0.1, 0.15) is 5.75 Å². The zero-order valence-corrected chi connectivity index (χ0v) is 13.4. The molecule has 0 saturated heterocycles. The molecule has 1 rings (SSSR count). The lowest BCUT2D eigenvalue weighted by Crippen LogP contribution is -2.29. The molecule has 0 aliphatic heterocycles. The molecule has 0 aromatic heterocycles. The van der Waals surface area contributed by atoms with Crippen molar-refractivity contribution in [3.8, 4) is 5.75 Å². The first-order chi connectivity index (χ1) is 8.58. The number of amides is 1. The van der Waals surface area contributed by atoms with Crippen molar-refractivity contribution in [2.45, 2.75) is 19.8 Å². The Balaban J connectivity index is 2.62. The molecule has 0 heterocycles. The van der Waals surface area contributed by atoms with E-state index in [1.54, 1.807) is 12.1 Å². The van der Waals surface area contributed by atoms with Crippen molar-refractivity contribution in [3.63, 3.8) is 0 Å². The second-order valence-electron chi connectivity index (χ2n) is 4.12. The second kappa shape index (κ2) is 7.79. The summed E-state index contributed by atoms with van der Waals surface area (Å²) in [7, 11) is 0. The highest BCUT2D eigenvalue weighted by Crippen LogP contribution is 2.21. The van der Waals surface area contributed by atoms with Gasteiger partial charge in [0.2, 0.25) is 0 Å². The smallest absolute Gasteiger partial charge is 0.255 e. The maximum absolute atomic E-state index is 11.9. The maximum atomic E-state index is 11.9. The van der Waals surface area contributed by atoms with Crippen LogP contribution in [-0.4, -0.2) is 22.9 Å². The van der Waals surface area contributed by atoms with Gasteiger partial charge in [0.05, 0.1) is 5.56 Å². The van der Waals surface area contributed by atoms with Crippen LogP contribution in [0.4, 0.5) is 0 Å². The Hall–Kier alpha value is -0.550. The van der Waals surface area contributed by atoms with Crippen LogP contribution in [-0.2, 0) is 0 Å². The van der Waals surface area contributed by atoms with Gasteiger partial charge in [-0.15, -0.1) is 0 Å². The van der Waals surface area contributed by atoms with Gasteiger partial charge in [0, 0.05) is 16.3 Å². The van der Waals surface area contributed by atoms with Gasteiger partial charge in [-0.05, 0) is 30.5 Å². The van der Waals surface area contributed by atoms with Gasteiger partial charge in [-0.25, -0.2) is 0 Å². The van der Waals surface area contributed by atoms with Crippen LogP contribution in [0.2, 0.25) is 0 Å². The molecule has 0 radical (unpaired) electrons. The van der Waals surface area contributed by atoms with Crippen molar-refractivity contribution < 1.29 is 9.90 Å². The predicted molar refractivity (Wildman–Crippen MR) is 80.3 cm³/mol. The van der Waals surface area contributed by atoms with Crippen molar-refractivity contribution in [1.82, 2.24) is 5.32 Å². The third kappa shape index (κ3) is 4.61. The summed E-state index contributed by atoms with van der Waals surface area (Å²) >= 11 is 6.69. The minimum absolute atomic E-state index is 0.00393. The number of hydrogen-bond donors (Lipinski definition) is 2. The van der Waals surface area contributed by atoms with Crippen LogP contribution in [0.15, 0.2) is 22.7 Å². The minimum Gasteiger partial charge on any atom is -0.507 e. The molecular weight excluding hydrogens is 362 g/mol. The van der Waals surface area contributed by atoms with Crippen molar-refractivity contribution in [1.29, 1.82) is 0 Å². The van der Waals surface area contributed by atoms with E-state index in [9.17, 15) is 9.90 Å². The second-order valence-corrected chi connectivity index (χ2v) is 5.83. The predicted octanol–water partition coefficient (Wildman–Crippen LogP) is 3.70. The Labute approximate surface area is 124 Å². The number of benzene rings is 1. The van der Waals surface area contributed by atoms with E-state index < -0.39 is 0 Å². The molecule has 1 unspecified atom stereocenters. The fraction of sp³-hybridized carbons (Fsp3) is 0.462. The molecule has 0 spiro atoms. The molecule has 0 bridgehead atoms. The molecule has 2 N–H and O–H groups in total. The fourth-order valence-corrected chi connectivity index (χ4v) is 2.64. The molecule has 0 aliphatic carbocycles. The van der Waals surface area contributed by atoms with E-state index in [0.29, 0.717) is 18.0 Å². The quantitative estimate of drug-likeness (QED) is 0.741. The van der Waals surface area contributed by atoms with Crippen LogP contribution in [0.1, 0.15) is 30.1 Å². The topological polar surface area (TPSA) is 49.3 Å². The normalized spacial score (nSPS) is 12.2. The zero-order chi connectivity index (χ0) is 13.5. The lowest BCUT2D eigenvalue weighted by Gasteiger charge is -2.14. The standard InChI is InChI=1S/C13H17Br2NO2/c1-2-9(5-6-14)8-16-13(18)11-7-10(15)3-4-12(11)17/h3-4,7,9,17H,2,5-6,8H2,1H3,(H,16,18). The third-order valence-electron chi connectivity index (χ3n) is 2.85. The van der Waals surface area contributed by atoms with Crippen molar-refractivity contribution >= 4 is 37.8 Å². The average Bonchev–Trinajstić information content (AvgIpc) is 2.37. The number of alkyl halides is 1. The van der Waals surface area contributed by atoms with E-state index in [0.717, 1.165) is 22.6 Å². The monoisotopic (exact) mass is 377 g/mol. The molecule has 1 aromatic rings. The zero-order valence-electron chi connectivity index (χ0n) is 10.2. The van der Waals surface area contributed by atoms with Gasteiger partial charge in [-0.3, -0.25) is 4.79 Å². The Morgan fingerprint density at radius 3 is 2.83 bits per heavy atom. The molecule has 3 nitrogen and oxygen atoms in total. The first-order valence-corrected chi connectivity index (χ1v) is 7.82. The highest BCUT2D eigenvalue weighted by Gasteiger charge is 2.13. The van der Waals surface area contributed by atoms with Gasteiger partial charge >= 0.3 is 0 Å². The van der Waals surface area contributed by atoms with Crippen molar-refractivity contribution in [2.75, 3.05) is 11.9 Å². The van der Waals surface area contributed by atoms with Crippen LogP contribution >= 0.6 is 31.9 Å². The van der Waals surface area contributed by atoms with Crippen molar-refractivity contribution in [3.05, 3.63) is 28.2 Å². The van der Waals surface area contributed by atoms with Gasteiger partial charge in [0.15, 0.2) is 0 Å². The fourth-order valence-electron chi connectivity index (χ4n) is 1.63. The number of halogens is 2. The summed E-state index contributed by atoms with van der Waals surface area (Å²) in [5, 5.41) is 13.4. The molecular formula is C13H17Br2NO2. The lowest BCUT2D eigenvalue weighted by molar-refractivity contribution is 0.0944. The van der Waals surface area contributed by atoms with Gasteiger partial charge in [0.25, 0.3) is 5.91 Å². The summed E-state index contributed by atoms with van der Waals surface area (Å²) in [5.41, 5.74) is 0.304. The highest BCUT2D eigenvalue weighted by molar-refractivity contribution is 9.10. The van der Waals surface area contributed by atoms with Gasteiger partial charge in [-0.2, -0.15) is 0 Å². The van der Waals surface area contributed by atoms with Crippen LogP contribution in [0.25, 0.3) is 0 Å². The summed E-state index contributed by atoms with van der Waals surface area (Å²) in [4.78, 5) is 11.9. The van der Waals surface area contributed by atoms with E-state index in [2.05, 4.69) is 44.1 Å². The molecule has 100 valence electrons. The number of aromatic hydroxyl groups is 1. The third-order valence-corrected chi connectivity index (χ3v) is 3.80. The number of carbonyl (C=O) groups excluding carboxylic acids is 1. The molecule has 1 aromatic carbocycles. The summed E-state index contributed by atoms with van der Waals surface area (Å²) in [5.74, 6) is 0.230. The first-order valence-electron chi connectivity index (χ1n) is 5.91. The SMILES string of the molecule is CCC(CCBr)CNC(=O)c1cc(Br)ccc1O. The van der Waals surface area contributed by atoms with E-state index in [-0.39, 0.29) is 11.7 Å². The Morgan fingerprint density at radius 2 is 2.22 bits per heavy atom. The van der Waals surface area contributed by atoms with E-state index >= 15 is 0 Å². The van der Waals surface area contributed by atoms with Crippen molar-refractivity contribution in [2.24, 2.45) is 5.92 Å². The Morgan fingerprint density at radius 1 is 1.50 bits per heavy atom. The molecule has 18 heavy (non-hydrogen) atoms. The summed E-state index contributed by atoms with van der Waals surface area (Å²) in [6.07, 6.45) is 2.05. The Bertz CT molecular complexity index is 410. The number of nitrogens with one attached hydrogen (secondary N) is 1. The van der Waals surface area contributed by atoms with E-state index in [1.165, 1.54) is 6.07 Å². The van der Waals surface area contributed by atoms with Gasteiger partial charge < -0.3 is 10.4 Å². The summed E-state index contributed by atoms with van der Waals surface area (Å²) < 4.78 is 0.776. The number of phenols is 1. The maximum Gasteiger partial charge on any atom is 0.255 e. The number of hydrogen-bond acceptors (Lipinski definition) is 2. The van der Waals surface area contributed by atoms with Gasteiger partial charge in [-0.1, -0.05) is 45.2 Å². The average molecular weight is 379 g/mol. The summed E-state index contributed by atoms with van der Waals surface area (Å²) in [6.45, 7) is 2.74. The van der Waals surface area contributed by atoms with Crippen LogP contribution in [0.3, 0.4) is 0 Å². The number of rotatable bonds is 6. The molecule has 5 heteroatoms. The molecule has 1 atom stereocenters. The van der Waals surface area contributed by atoms with Crippen LogP contribution < -0.4 is 5.32 Å². The van der Waals surface area contributed by atoms with Crippen LogP contribution in [0.5, 0.6) is 5.75 Å². The molecule has 1 amide bonds. The highest BCUT2D eigenvalue weighted by atomic mass is 79.9. The van der Waals surface area contributed by atoms with E-state index in [1.807, 2.05) is 0 Å². The molecule has 0 aliphatic rings. The molecule has 0 saturated carbocycles. The number of phenolic OH excluding ortho intramolecular Hbond substituents is 1.